The zero-order valence-electron chi connectivity index (χ0n) is 32.6. The minimum absolute atomic E-state index is 0.0804. The molecule has 0 aliphatic rings. The molecule has 2 aromatic heterocycles. The standard InChI is InChI=1S/C52H47N3/c1-51(2,3)37-21-25-40(26-22-37)53(41-27-23-38(24-28-41)52(4,5)6)42-29-31-43(32-30-42)55-47-20-14-13-19-44(47)45-33-34-48-46(50(45)55)35-49(36-15-9-7-10-16-36)54(48)39-17-11-8-12-18-39/h7-35H,1-6H3. The number of fused-ring (bicyclic) bond motifs is 5. The van der Waals surface area contributed by atoms with E-state index in [2.05, 4.69) is 232 Å². The molecule has 2 heterocycles. The van der Waals surface area contributed by atoms with Gasteiger partial charge in [-0.05, 0) is 106 Å². The Labute approximate surface area is 324 Å². The van der Waals surface area contributed by atoms with Crippen molar-refractivity contribution >= 4 is 49.8 Å². The fourth-order valence-electron chi connectivity index (χ4n) is 8.10. The van der Waals surface area contributed by atoms with E-state index in [9.17, 15) is 0 Å². The topological polar surface area (TPSA) is 13.1 Å². The number of aromatic nitrogens is 2. The molecule has 0 bridgehead atoms. The van der Waals surface area contributed by atoms with Crippen LogP contribution in [0.25, 0.3) is 55.3 Å². The molecule has 0 radical (unpaired) electrons. The maximum Gasteiger partial charge on any atom is 0.0635 e. The molecule has 0 unspecified atom stereocenters. The van der Waals surface area contributed by atoms with Crippen LogP contribution in [0.5, 0.6) is 0 Å². The summed E-state index contributed by atoms with van der Waals surface area (Å²) in [6, 6.07) is 64.5. The van der Waals surface area contributed by atoms with Gasteiger partial charge in [-0.3, -0.25) is 0 Å². The van der Waals surface area contributed by atoms with Crippen LogP contribution in [-0.4, -0.2) is 9.13 Å². The Balaban J connectivity index is 1.24. The highest BCUT2D eigenvalue weighted by molar-refractivity contribution is 6.19. The van der Waals surface area contributed by atoms with E-state index in [4.69, 9.17) is 0 Å². The molecule has 0 spiro atoms. The van der Waals surface area contributed by atoms with Crippen LogP contribution in [0, 0.1) is 0 Å². The smallest absolute Gasteiger partial charge is 0.0635 e. The Morgan fingerprint density at radius 3 is 1.42 bits per heavy atom. The molecule has 0 fully saturated rings. The van der Waals surface area contributed by atoms with E-state index in [1.54, 1.807) is 0 Å². The van der Waals surface area contributed by atoms with E-state index >= 15 is 0 Å². The summed E-state index contributed by atoms with van der Waals surface area (Å²) in [6.45, 7) is 13.6. The Morgan fingerprint density at radius 1 is 0.382 bits per heavy atom. The van der Waals surface area contributed by atoms with E-state index in [-0.39, 0.29) is 10.8 Å². The molecule has 0 aliphatic heterocycles. The lowest BCUT2D eigenvalue weighted by Crippen LogP contribution is -2.14. The first-order valence-electron chi connectivity index (χ1n) is 19.4. The number of nitrogens with zero attached hydrogens (tertiary/aromatic N) is 3. The Hall–Kier alpha value is -6.32. The van der Waals surface area contributed by atoms with Crippen molar-refractivity contribution in [1.82, 2.24) is 9.13 Å². The molecule has 9 rings (SSSR count). The number of anilines is 3. The second-order valence-electron chi connectivity index (χ2n) is 16.8. The van der Waals surface area contributed by atoms with Gasteiger partial charge in [-0.1, -0.05) is 139 Å². The van der Waals surface area contributed by atoms with E-state index in [1.165, 1.54) is 55.1 Å². The van der Waals surface area contributed by atoms with E-state index in [1.807, 2.05) is 0 Å². The van der Waals surface area contributed by atoms with Crippen LogP contribution < -0.4 is 4.90 Å². The molecular formula is C52H47N3. The molecule has 9 aromatic rings. The maximum atomic E-state index is 2.46. The Kier molecular flexibility index (Phi) is 8.27. The van der Waals surface area contributed by atoms with Gasteiger partial charge in [0, 0.05) is 44.6 Å². The van der Waals surface area contributed by atoms with Crippen molar-refractivity contribution in [3.05, 3.63) is 187 Å². The number of rotatable bonds is 6. The zero-order valence-corrected chi connectivity index (χ0v) is 32.6. The molecule has 3 heteroatoms. The van der Waals surface area contributed by atoms with Crippen LogP contribution in [0.1, 0.15) is 52.7 Å². The molecule has 0 amide bonds. The summed E-state index contributed by atoms with van der Waals surface area (Å²) in [5, 5.41) is 3.72. The van der Waals surface area contributed by atoms with Gasteiger partial charge < -0.3 is 14.0 Å². The van der Waals surface area contributed by atoms with Gasteiger partial charge in [0.1, 0.15) is 0 Å². The number of hydrogen-bond donors (Lipinski definition) is 0. The third-order valence-electron chi connectivity index (χ3n) is 11.0. The lowest BCUT2D eigenvalue weighted by Gasteiger charge is -2.28. The van der Waals surface area contributed by atoms with Crippen molar-refractivity contribution in [2.45, 2.75) is 52.4 Å². The highest BCUT2D eigenvalue weighted by Gasteiger charge is 2.22. The summed E-state index contributed by atoms with van der Waals surface area (Å²) < 4.78 is 4.87. The number of para-hydroxylation sites is 2. The van der Waals surface area contributed by atoms with E-state index < -0.39 is 0 Å². The van der Waals surface area contributed by atoms with Crippen LogP contribution in [0.2, 0.25) is 0 Å². The van der Waals surface area contributed by atoms with Gasteiger partial charge in [0.15, 0.2) is 0 Å². The molecule has 0 saturated carbocycles. The van der Waals surface area contributed by atoms with Gasteiger partial charge >= 0.3 is 0 Å². The van der Waals surface area contributed by atoms with Crippen molar-refractivity contribution in [3.63, 3.8) is 0 Å². The summed E-state index contributed by atoms with van der Waals surface area (Å²) in [5.74, 6) is 0. The van der Waals surface area contributed by atoms with Gasteiger partial charge in [0.05, 0.1) is 22.2 Å². The molecule has 270 valence electrons. The minimum Gasteiger partial charge on any atom is -0.311 e. The van der Waals surface area contributed by atoms with Crippen LogP contribution in [0.4, 0.5) is 17.1 Å². The van der Waals surface area contributed by atoms with Crippen molar-refractivity contribution in [2.24, 2.45) is 0 Å². The normalized spacial score (nSPS) is 12.2. The number of hydrogen-bond acceptors (Lipinski definition) is 1. The highest BCUT2D eigenvalue weighted by atomic mass is 15.1. The summed E-state index contributed by atoms with van der Waals surface area (Å²) >= 11 is 0. The van der Waals surface area contributed by atoms with Crippen molar-refractivity contribution < 1.29 is 0 Å². The predicted octanol–water partition coefficient (Wildman–Crippen LogP) is 14.5. The maximum absolute atomic E-state index is 2.46. The van der Waals surface area contributed by atoms with Crippen LogP contribution >= 0.6 is 0 Å². The minimum atomic E-state index is 0.0804. The molecule has 0 atom stereocenters. The van der Waals surface area contributed by atoms with Gasteiger partial charge in [-0.2, -0.15) is 0 Å². The van der Waals surface area contributed by atoms with Crippen LogP contribution in [0.15, 0.2) is 176 Å². The Bertz CT molecular complexity index is 2710. The van der Waals surface area contributed by atoms with Crippen LogP contribution in [-0.2, 0) is 10.8 Å². The second-order valence-corrected chi connectivity index (χ2v) is 16.8. The highest BCUT2D eigenvalue weighted by Crippen LogP contribution is 2.42. The number of benzene rings is 7. The largest absolute Gasteiger partial charge is 0.311 e. The lowest BCUT2D eigenvalue weighted by molar-refractivity contribution is 0.590. The van der Waals surface area contributed by atoms with Gasteiger partial charge in [0.25, 0.3) is 0 Å². The predicted molar refractivity (Wildman–Crippen MR) is 235 cm³/mol. The lowest BCUT2D eigenvalue weighted by atomic mass is 9.86. The van der Waals surface area contributed by atoms with Gasteiger partial charge in [-0.15, -0.1) is 0 Å². The molecule has 0 saturated heterocycles. The first-order chi connectivity index (χ1) is 26.6. The zero-order chi connectivity index (χ0) is 37.9. The van der Waals surface area contributed by atoms with Gasteiger partial charge in [-0.25, -0.2) is 0 Å². The van der Waals surface area contributed by atoms with Crippen molar-refractivity contribution in [1.29, 1.82) is 0 Å². The third-order valence-corrected chi connectivity index (χ3v) is 11.0. The molecule has 0 aliphatic carbocycles. The molecule has 7 aromatic carbocycles. The first kappa shape index (κ1) is 34.4. The molecule has 55 heavy (non-hydrogen) atoms. The molecule has 3 nitrogen and oxygen atoms in total. The molecule has 0 N–H and O–H groups in total. The molecular weight excluding hydrogens is 667 g/mol. The van der Waals surface area contributed by atoms with Crippen molar-refractivity contribution in [2.75, 3.05) is 4.90 Å². The average Bonchev–Trinajstić information content (AvgIpc) is 3.75. The summed E-state index contributed by atoms with van der Waals surface area (Å²) in [7, 11) is 0. The van der Waals surface area contributed by atoms with Gasteiger partial charge in [0.2, 0.25) is 0 Å². The van der Waals surface area contributed by atoms with Crippen LogP contribution in [0.3, 0.4) is 0 Å². The third kappa shape index (κ3) is 6.10. The Morgan fingerprint density at radius 2 is 0.855 bits per heavy atom. The second kappa shape index (κ2) is 13.2. The average molecular weight is 714 g/mol. The fourth-order valence-corrected chi connectivity index (χ4v) is 8.10. The van der Waals surface area contributed by atoms with E-state index in [0.29, 0.717) is 0 Å². The SMILES string of the molecule is CC(C)(C)c1ccc(N(c2ccc(-n3c4ccccc4c4ccc5c(cc(-c6ccccc6)n5-c5ccccc5)c43)cc2)c2ccc(C(C)(C)C)cc2)cc1. The first-order valence-corrected chi connectivity index (χ1v) is 19.4. The quantitative estimate of drug-likeness (QED) is 0.167. The summed E-state index contributed by atoms with van der Waals surface area (Å²) in [5.41, 5.74) is 14.4. The fraction of sp³-hybridized carbons (Fsp3) is 0.154. The summed E-state index contributed by atoms with van der Waals surface area (Å²) in [4.78, 5) is 2.37. The monoisotopic (exact) mass is 713 g/mol. The van der Waals surface area contributed by atoms with E-state index in [0.717, 1.165) is 28.4 Å². The van der Waals surface area contributed by atoms with Crippen molar-refractivity contribution in [3.8, 4) is 22.6 Å². The summed E-state index contributed by atoms with van der Waals surface area (Å²) in [6.07, 6.45) is 0.